The first-order chi connectivity index (χ1) is 9.36. The lowest BCUT2D eigenvalue weighted by Gasteiger charge is -2.22. The van der Waals surface area contributed by atoms with Gasteiger partial charge in [-0.2, -0.15) is 0 Å². The highest BCUT2D eigenvalue weighted by atomic mass is 19.1. The van der Waals surface area contributed by atoms with E-state index in [9.17, 15) is 14.0 Å². The van der Waals surface area contributed by atoms with Crippen molar-refractivity contribution in [3.05, 3.63) is 35.6 Å². The van der Waals surface area contributed by atoms with Gasteiger partial charge < -0.3 is 10.4 Å². The molecule has 3 atom stereocenters. The molecule has 0 saturated carbocycles. The van der Waals surface area contributed by atoms with Crippen LogP contribution in [0.15, 0.2) is 24.3 Å². The molecule has 0 spiro atoms. The number of benzene rings is 1. The topological polar surface area (TPSA) is 66.4 Å². The number of carboxylic acid groups (broad SMARTS) is 1. The summed E-state index contributed by atoms with van der Waals surface area (Å²) in [5, 5.41) is 11.7. The maximum Gasteiger partial charge on any atom is 0.326 e. The monoisotopic (exact) mass is 281 g/mol. The van der Waals surface area contributed by atoms with Crippen LogP contribution in [0.25, 0.3) is 0 Å². The number of rotatable bonds is 6. The molecule has 4 nitrogen and oxygen atoms in total. The van der Waals surface area contributed by atoms with Crippen LogP contribution in [0.2, 0.25) is 0 Å². The highest BCUT2D eigenvalue weighted by Gasteiger charge is 2.27. The molecule has 1 aromatic rings. The third-order valence-corrected chi connectivity index (χ3v) is 3.52. The minimum Gasteiger partial charge on any atom is -0.480 e. The maximum absolute atomic E-state index is 13.1. The third kappa shape index (κ3) is 4.05. The normalized spacial score (nSPS) is 15.2. The van der Waals surface area contributed by atoms with Crippen LogP contribution < -0.4 is 5.32 Å². The molecule has 0 aliphatic carbocycles. The molecule has 5 heteroatoms. The second-order valence-electron chi connectivity index (χ2n) is 4.99. The van der Waals surface area contributed by atoms with Crippen molar-refractivity contribution in [1.82, 2.24) is 5.32 Å². The Balaban J connectivity index is 2.81. The van der Waals surface area contributed by atoms with Gasteiger partial charge in [0.15, 0.2) is 0 Å². The van der Waals surface area contributed by atoms with Crippen LogP contribution in [0.4, 0.5) is 4.39 Å². The lowest BCUT2D eigenvalue weighted by molar-refractivity contribution is -0.143. The zero-order chi connectivity index (χ0) is 15.3. The molecule has 0 bridgehead atoms. The van der Waals surface area contributed by atoms with E-state index in [1.165, 1.54) is 18.2 Å². The average Bonchev–Trinajstić information content (AvgIpc) is 2.42. The highest BCUT2D eigenvalue weighted by molar-refractivity contribution is 5.87. The van der Waals surface area contributed by atoms with Crippen LogP contribution in [-0.2, 0) is 9.59 Å². The number of carboxylic acids is 1. The van der Waals surface area contributed by atoms with E-state index in [1.807, 2.05) is 6.92 Å². The Morgan fingerprint density at radius 1 is 1.35 bits per heavy atom. The van der Waals surface area contributed by atoms with E-state index >= 15 is 0 Å². The summed E-state index contributed by atoms with van der Waals surface area (Å²) >= 11 is 0. The highest BCUT2D eigenvalue weighted by Crippen LogP contribution is 2.17. The molecule has 0 aromatic heterocycles. The summed E-state index contributed by atoms with van der Waals surface area (Å²) in [6.07, 6.45) is 0.644. The van der Waals surface area contributed by atoms with Crippen molar-refractivity contribution in [2.45, 2.75) is 39.2 Å². The van der Waals surface area contributed by atoms with Crippen LogP contribution in [-0.4, -0.2) is 23.0 Å². The molecular weight excluding hydrogens is 261 g/mol. The second kappa shape index (κ2) is 7.03. The molecular formula is C15H20FNO3. The second-order valence-corrected chi connectivity index (χ2v) is 4.99. The fourth-order valence-electron chi connectivity index (χ4n) is 1.89. The van der Waals surface area contributed by atoms with Crippen molar-refractivity contribution in [3.8, 4) is 0 Å². The Kier molecular flexibility index (Phi) is 5.67. The molecule has 0 fully saturated rings. The molecule has 0 aliphatic heterocycles. The summed E-state index contributed by atoms with van der Waals surface area (Å²) in [7, 11) is 0. The van der Waals surface area contributed by atoms with Gasteiger partial charge in [0.25, 0.3) is 0 Å². The van der Waals surface area contributed by atoms with Gasteiger partial charge in [-0.25, -0.2) is 9.18 Å². The van der Waals surface area contributed by atoms with Crippen molar-refractivity contribution >= 4 is 11.9 Å². The van der Waals surface area contributed by atoms with E-state index in [1.54, 1.807) is 19.9 Å². The molecule has 0 saturated heterocycles. The Bertz CT molecular complexity index is 490. The number of nitrogens with one attached hydrogen (secondary N) is 1. The number of hydrogen-bond donors (Lipinski definition) is 2. The predicted molar refractivity (Wildman–Crippen MR) is 73.8 cm³/mol. The van der Waals surface area contributed by atoms with Crippen molar-refractivity contribution in [2.24, 2.45) is 5.92 Å². The first-order valence-electron chi connectivity index (χ1n) is 6.65. The molecule has 1 unspecified atom stereocenters. The molecule has 1 amide bonds. The zero-order valence-corrected chi connectivity index (χ0v) is 11.9. The molecule has 1 rings (SSSR count). The van der Waals surface area contributed by atoms with E-state index in [0.29, 0.717) is 12.0 Å². The number of aliphatic carboxylic acids is 1. The van der Waals surface area contributed by atoms with E-state index in [4.69, 9.17) is 5.11 Å². The number of carbonyl (C=O) groups excluding carboxylic acids is 1. The molecule has 1 aromatic carbocycles. The van der Waals surface area contributed by atoms with Gasteiger partial charge in [-0.3, -0.25) is 4.79 Å². The molecule has 0 heterocycles. The minimum atomic E-state index is -1.06. The van der Waals surface area contributed by atoms with E-state index in [-0.39, 0.29) is 5.92 Å². The molecule has 2 N–H and O–H groups in total. The minimum absolute atomic E-state index is 0.170. The van der Waals surface area contributed by atoms with Crippen LogP contribution >= 0.6 is 0 Å². The molecule has 20 heavy (non-hydrogen) atoms. The fourth-order valence-corrected chi connectivity index (χ4v) is 1.89. The first-order valence-corrected chi connectivity index (χ1v) is 6.65. The lowest BCUT2D eigenvalue weighted by Crippen LogP contribution is -2.46. The van der Waals surface area contributed by atoms with E-state index in [0.717, 1.165) is 0 Å². The van der Waals surface area contributed by atoms with Gasteiger partial charge in [0.2, 0.25) is 5.91 Å². The molecule has 0 radical (unpaired) electrons. The predicted octanol–water partition coefficient (Wildman–Crippen LogP) is 2.54. The van der Waals surface area contributed by atoms with Crippen LogP contribution in [0, 0.1) is 11.7 Å². The van der Waals surface area contributed by atoms with Gasteiger partial charge >= 0.3 is 5.97 Å². The molecule has 110 valence electrons. The third-order valence-electron chi connectivity index (χ3n) is 3.52. The van der Waals surface area contributed by atoms with E-state index < -0.39 is 29.7 Å². The Labute approximate surface area is 118 Å². The zero-order valence-electron chi connectivity index (χ0n) is 11.9. The lowest BCUT2D eigenvalue weighted by atomic mass is 9.96. The van der Waals surface area contributed by atoms with Crippen molar-refractivity contribution < 1.29 is 19.1 Å². The van der Waals surface area contributed by atoms with Crippen LogP contribution in [0.1, 0.15) is 38.7 Å². The number of carbonyl (C=O) groups is 2. The van der Waals surface area contributed by atoms with Crippen LogP contribution in [0.5, 0.6) is 0 Å². The fraction of sp³-hybridized carbons (Fsp3) is 0.467. The summed E-state index contributed by atoms with van der Waals surface area (Å²) in [6, 6.07) is 4.82. The number of halogens is 1. The number of amides is 1. The van der Waals surface area contributed by atoms with Gasteiger partial charge in [0, 0.05) is 0 Å². The summed E-state index contributed by atoms with van der Waals surface area (Å²) in [5.74, 6) is -2.66. The van der Waals surface area contributed by atoms with Gasteiger partial charge in [-0.1, -0.05) is 32.4 Å². The van der Waals surface area contributed by atoms with Gasteiger partial charge in [0.1, 0.15) is 11.9 Å². The standard InChI is InChI=1S/C15H20FNO3/c1-4-9(2)13(15(19)20)17-14(18)10(3)11-6-5-7-12(16)8-11/h5-10,13H,4H2,1-3H3,(H,17,18)(H,19,20)/t9-,10?,13-/m0/s1. The van der Waals surface area contributed by atoms with Crippen molar-refractivity contribution in [2.75, 3.05) is 0 Å². The summed E-state index contributed by atoms with van der Waals surface area (Å²) in [4.78, 5) is 23.3. The van der Waals surface area contributed by atoms with Gasteiger partial charge in [0.05, 0.1) is 5.92 Å². The van der Waals surface area contributed by atoms with E-state index in [2.05, 4.69) is 5.32 Å². The quantitative estimate of drug-likeness (QED) is 0.842. The largest absolute Gasteiger partial charge is 0.480 e. The summed E-state index contributed by atoms with van der Waals surface area (Å²) < 4.78 is 13.1. The van der Waals surface area contributed by atoms with Crippen molar-refractivity contribution in [1.29, 1.82) is 0 Å². The summed E-state index contributed by atoms with van der Waals surface area (Å²) in [6.45, 7) is 5.26. The Hall–Kier alpha value is -1.91. The Morgan fingerprint density at radius 3 is 2.50 bits per heavy atom. The average molecular weight is 281 g/mol. The number of hydrogen-bond acceptors (Lipinski definition) is 2. The maximum atomic E-state index is 13.1. The Morgan fingerprint density at radius 2 is 2.00 bits per heavy atom. The van der Waals surface area contributed by atoms with Crippen molar-refractivity contribution in [3.63, 3.8) is 0 Å². The smallest absolute Gasteiger partial charge is 0.326 e. The molecule has 0 aliphatic rings. The van der Waals surface area contributed by atoms with Crippen LogP contribution in [0.3, 0.4) is 0 Å². The summed E-state index contributed by atoms with van der Waals surface area (Å²) in [5.41, 5.74) is 0.524. The van der Waals surface area contributed by atoms with Gasteiger partial charge in [-0.05, 0) is 30.5 Å². The first kappa shape index (κ1) is 16.1. The van der Waals surface area contributed by atoms with Gasteiger partial charge in [-0.15, -0.1) is 0 Å². The SMILES string of the molecule is CC[C@H](C)[C@H](NC(=O)C(C)c1cccc(F)c1)C(=O)O.